The zero-order chi connectivity index (χ0) is 24.1. The van der Waals surface area contributed by atoms with Crippen molar-refractivity contribution in [3.05, 3.63) is 65.7 Å². The molecule has 0 aliphatic heterocycles. The average Bonchev–Trinajstić information content (AvgIpc) is 2.70. The van der Waals surface area contributed by atoms with Gasteiger partial charge in [0.25, 0.3) is 0 Å². The van der Waals surface area contributed by atoms with Gasteiger partial charge in [-0.1, -0.05) is 30.3 Å². The van der Waals surface area contributed by atoms with Crippen LogP contribution in [0.4, 0.5) is 14.5 Å². The Labute approximate surface area is 187 Å². The summed E-state index contributed by atoms with van der Waals surface area (Å²) >= 11 is 0. The van der Waals surface area contributed by atoms with Crippen molar-refractivity contribution in [2.75, 3.05) is 17.1 Å². The number of nitrogens with zero attached hydrogens (tertiary/aromatic N) is 2. The number of benzene rings is 2. The number of sulfonamides is 1. The number of hydrogen-bond donors (Lipinski definition) is 1. The summed E-state index contributed by atoms with van der Waals surface area (Å²) in [4.78, 5) is 26.9. The molecule has 0 spiro atoms. The Morgan fingerprint density at radius 1 is 0.969 bits per heavy atom. The van der Waals surface area contributed by atoms with E-state index >= 15 is 0 Å². The molecule has 10 heteroatoms. The number of carbonyl (C=O) groups excluding carboxylic acids is 2. The molecule has 2 aromatic carbocycles. The van der Waals surface area contributed by atoms with E-state index in [-0.39, 0.29) is 23.8 Å². The summed E-state index contributed by atoms with van der Waals surface area (Å²) in [6.07, 6.45) is 0.850. The van der Waals surface area contributed by atoms with E-state index in [0.717, 1.165) is 17.2 Å². The highest BCUT2D eigenvalue weighted by molar-refractivity contribution is 7.92. The van der Waals surface area contributed by atoms with Gasteiger partial charge in [-0.15, -0.1) is 0 Å². The summed E-state index contributed by atoms with van der Waals surface area (Å²) in [5.41, 5.74) is -0.143. The number of carbonyl (C=O) groups is 2. The maximum atomic E-state index is 14.3. The van der Waals surface area contributed by atoms with Crippen LogP contribution in [0.5, 0.6) is 0 Å². The minimum atomic E-state index is -4.04. The van der Waals surface area contributed by atoms with Crippen LogP contribution in [0.25, 0.3) is 0 Å². The van der Waals surface area contributed by atoms with E-state index in [9.17, 15) is 26.8 Å². The van der Waals surface area contributed by atoms with E-state index in [4.69, 9.17) is 0 Å². The molecule has 0 unspecified atom stereocenters. The third kappa shape index (κ3) is 6.49. The molecule has 0 aliphatic rings. The topological polar surface area (TPSA) is 86.8 Å². The first kappa shape index (κ1) is 25.3. The van der Waals surface area contributed by atoms with E-state index in [2.05, 4.69) is 5.32 Å². The molecule has 0 heterocycles. The van der Waals surface area contributed by atoms with Crippen molar-refractivity contribution < 1.29 is 26.8 Å². The molecule has 0 aromatic heterocycles. The van der Waals surface area contributed by atoms with Gasteiger partial charge >= 0.3 is 0 Å². The number of amides is 2. The predicted octanol–water partition coefficient (Wildman–Crippen LogP) is 2.67. The van der Waals surface area contributed by atoms with Crippen LogP contribution in [0.3, 0.4) is 0 Å². The van der Waals surface area contributed by atoms with Gasteiger partial charge in [0.05, 0.1) is 11.9 Å². The summed E-state index contributed by atoms with van der Waals surface area (Å²) in [7, 11) is -4.04. The second kappa shape index (κ2) is 10.5. The fourth-order valence-electron chi connectivity index (χ4n) is 3.05. The molecule has 2 amide bonds. The van der Waals surface area contributed by atoms with Gasteiger partial charge in [-0.25, -0.2) is 17.2 Å². The van der Waals surface area contributed by atoms with E-state index < -0.39 is 46.1 Å². The SMILES string of the molecule is CC(C)NC(=O)[C@H](C)N(Cc1ccccc1F)C(=O)CN(c1ccccc1F)S(C)(=O)=O. The van der Waals surface area contributed by atoms with Crippen molar-refractivity contribution in [3.63, 3.8) is 0 Å². The minimum Gasteiger partial charge on any atom is -0.352 e. The van der Waals surface area contributed by atoms with Crippen LogP contribution in [-0.2, 0) is 26.2 Å². The Kier molecular flexibility index (Phi) is 8.31. The second-order valence-corrected chi connectivity index (χ2v) is 9.58. The normalized spacial score (nSPS) is 12.3. The van der Waals surface area contributed by atoms with Crippen molar-refractivity contribution in [1.29, 1.82) is 0 Å². The summed E-state index contributed by atoms with van der Waals surface area (Å²) in [6.45, 7) is 3.93. The monoisotopic (exact) mass is 467 g/mol. The highest BCUT2D eigenvalue weighted by atomic mass is 32.2. The molecule has 0 saturated heterocycles. The van der Waals surface area contributed by atoms with Gasteiger partial charge in [0, 0.05) is 18.2 Å². The van der Waals surface area contributed by atoms with Gasteiger partial charge in [0.15, 0.2) is 0 Å². The number of rotatable bonds is 9. The highest BCUT2D eigenvalue weighted by Gasteiger charge is 2.31. The Bertz CT molecular complexity index is 1080. The molecule has 174 valence electrons. The molecule has 0 aliphatic carbocycles. The summed E-state index contributed by atoms with van der Waals surface area (Å²) in [5, 5.41) is 2.68. The lowest BCUT2D eigenvalue weighted by Crippen LogP contribution is -2.52. The van der Waals surface area contributed by atoms with Crippen molar-refractivity contribution in [3.8, 4) is 0 Å². The van der Waals surface area contributed by atoms with E-state index in [1.54, 1.807) is 19.9 Å². The fraction of sp³-hybridized carbons (Fsp3) is 0.364. The molecular weight excluding hydrogens is 440 g/mol. The van der Waals surface area contributed by atoms with Gasteiger partial charge in [-0.3, -0.25) is 13.9 Å². The zero-order valence-corrected chi connectivity index (χ0v) is 19.2. The highest BCUT2D eigenvalue weighted by Crippen LogP contribution is 2.22. The number of hydrogen-bond acceptors (Lipinski definition) is 4. The summed E-state index contributed by atoms with van der Waals surface area (Å²) in [5.74, 6) is -2.66. The molecule has 1 N–H and O–H groups in total. The molecule has 32 heavy (non-hydrogen) atoms. The van der Waals surface area contributed by atoms with Gasteiger partial charge in [0.2, 0.25) is 21.8 Å². The number of halogens is 2. The molecule has 2 aromatic rings. The molecule has 7 nitrogen and oxygen atoms in total. The van der Waals surface area contributed by atoms with E-state index in [0.29, 0.717) is 4.31 Å². The minimum absolute atomic E-state index is 0.154. The van der Waals surface area contributed by atoms with Crippen LogP contribution < -0.4 is 9.62 Å². The standard InChI is InChI=1S/C22H27F2N3O4S/c1-15(2)25-22(29)16(3)26(13-17-9-5-6-10-18(17)23)21(28)14-27(32(4,30)31)20-12-8-7-11-19(20)24/h5-12,15-16H,13-14H2,1-4H3,(H,25,29)/t16-/m0/s1. The first-order valence-corrected chi connectivity index (χ1v) is 11.8. The molecule has 0 saturated carbocycles. The van der Waals surface area contributed by atoms with Gasteiger partial charge in [-0.05, 0) is 39.0 Å². The van der Waals surface area contributed by atoms with Gasteiger partial charge < -0.3 is 10.2 Å². The van der Waals surface area contributed by atoms with Crippen molar-refractivity contribution in [2.24, 2.45) is 0 Å². The Hall–Kier alpha value is -3.01. The first-order valence-electron chi connectivity index (χ1n) is 9.97. The van der Waals surface area contributed by atoms with Crippen LogP contribution >= 0.6 is 0 Å². The van der Waals surface area contributed by atoms with Crippen LogP contribution in [0.2, 0.25) is 0 Å². The average molecular weight is 468 g/mol. The molecule has 0 bridgehead atoms. The Balaban J connectivity index is 2.42. The largest absolute Gasteiger partial charge is 0.352 e. The fourth-order valence-corrected chi connectivity index (χ4v) is 3.90. The lowest BCUT2D eigenvalue weighted by molar-refractivity contribution is -0.139. The summed E-state index contributed by atoms with van der Waals surface area (Å²) < 4.78 is 53.9. The van der Waals surface area contributed by atoms with Gasteiger partial charge in [0.1, 0.15) is 24.2 Å². The van der Waals surface area contributed by atoms with Crippen molar-refractivity contribution in [2.45, 2.75) is 39.4 Å². The van der Waals surface area contributed by atoms with Crippen LogP contribution in [0.1, 0.15) is 26.3 Å². The number of nitrogens with one attached hydrogen (secondary N) is 1. The Morgan fingerprint density at radius 3 is 2.06 bits per heavy atom. The Morgan fingerprint density at radius 2 is 1.53 bits per heavy atom. The lowest BCUT2D eigenvalue weighted by Gasteiger charge is -2.32. The van der Waals surface area contributed by atoms with Crippen LogP contribution in [0.15, 0.2) is 48.5 Å². The molecular formula is C22H27F2N3O4S. The number of para-hydroxylation sites is 1. The van der Waals surface area contributed by atoms with E-state index in [1.807, 2.05) is 0 Å². The zero-order valence-electron chi connectivity index (χ0n) is 18.4. The smallest absolute Gasteiger partial charge is 0.244 e. The van der Waals surface area contributed by atoms with Crippen LogP contribution in [0, 0.1) is 11.6 Å². The van der Waals surface area contributed by atoms with Crippen LogP contribution in [-0.4, -0.2) is 50.0 Å². The predicted molar refractivity (Wildman–Crippen MR) is 118 cm³/mol. The van der Waals surface area contributed by atoms with E-state index in [1.165, 1.54) is 43.3 Å². The lowest BCUT2D eigenvalue weighted by atomic mass is 10.1. The maximum absolute atomic E-state index is 14.3. The molecule has 0 fully saturated rings. The first-order chi connectivity index (χ1) is 14.9. The molecule has 2 rings (SSSR count). The van der Waals surface area contributed by atoms with Crippen molar-refractivity contribution >= 4 is 27.5 Å². The number of anilines is 1. The third-order valence-electron chi connectivity index (χ3n) is 4.70. The van der Waals surface area contributed by atoms with Crippen molar-refractivity contribution in [1.82, 2.24) is 10.2 Å². The molecule has 0 radical (unpaired) electrons. The summed E-state index contributed by atoms with van der Waals surface area (Å²) in [6, 6.07) is 9.67. The third-order valence-corrected chi connectivity index (χ3v) is 5.82. The quantitative estimate of drug-likeness (QED) is 0.614. The molecule has 1 atom stereocenters. The van der Waals surface area contributed by atoms with Gasteiger partial charge in [-0.2, -0.15) is 0 Å². The maximum Gasteiger partial charge on any atom is 0.244 e. The second-order valence-electron chi connectivity index (χ2n) is 7.67.